The van der Waals surface area contributed by atoms with Gasteiger partial charge in [-0.1, -0.05) is 24.8 Å². The average molecular weight is 246 g/mol. The molecule has 0 unspecified atom stereocenters. The van der Waals surface area contributed by atoms with E-state index >= 15 is 0 Å². The van der Waals surface area contributed by atoms with E-state index in [0.29, 0.717) is 5.75 Å². The standard InChI is InChI=1S/C11H12F2O2S/c1-3-16-11(15)8-5-4-7(10(12)13)6(2)9(8)14/h4-5,10,14H,3H2,1-2H3. The Labute approximate surface area is 96.7 Å². The number of halogens is 2. The van der Waals surface area contributed by atoms with Gasteiger partial charge >= 0.3 is 0 Å². The Kier molecular flexibility index (Phi) is 4.29. The third-order valence-electron chi connectivity index (χ3n) is 2.20. The molecule has 1 rings (SSSR count). The van der Waals surface area contributed by atoms with E-state index in [4.69, 9.17) is 0 Å². The highest BCUT2D eigenvalue weighted by Crippen LogP contribution is 2.32. The average Bonchev–Trinajstić information content (AvgIpc) is 2.21. The highest BCUT2D eigenvalue weighted by molar-refractivity contribution is 8.14. The normalized spacial score (nSPS) is 10.8. The van der Waals surface area contributed by atoms with Crippen molar-refractivity contribution in [3.8, 4) is 5.75 Å². The first-order chi connectivity index (χ1) is 7.49. The molecule has 0 atom stereocenters. The van der Waals surface area contributed by atoms with Gasteiger partial charge in [0.1, 0.15) is 5.75 Å². The number of aromatic hydroxyl groups is 1. The second kappa shape index (κ2) is 5.30. The van der Waals surface area contributed by atoms with Crippen LogP contribution in [-0.2, 0) is 0 Å². The molecule has 0 aliphatic heterocycles. The number of hydrogen-bond donors (Lipinski definition) is 1. The lowest BCUT2D eigenvalue weighted by Gasteiger charge is -2.10. The minimum atomic E-state index is -2.64. The lowest BCUT2D eigenvalue weighted by Crippen LogP contribution is -1.99. The maximum Gasteiger partial charge on any atom is 0.264 e. The summed E-state index contributed by atoms with van der Waals surface area (Å²) in [5.41, 5.74) is -0.0816. The lowest BCUT2D eigenvalue weighted by atomic mass is 10.0. The van der Waals surface area contributed by atoms with E-state index in [0.717, 1.165) is 11.8 Å². The predicted molar refractivity (Wildman–Crippen MR) is 60.3 cm³/mol. The molecule has 0 bridgehead atoms. The number of benzene rings is 1. The van der Waals surface area contributed by atoms with Crippen LogP contribution >= 0.6 is 11.8 Å². The number of rotatable bonds is 3. The number of phenols is 1. The first-order valence-electron chi connectivity index (χ1n) is 4.76. The van der Waals surface area contributed by atoms with Crippen LogP contribution in [0.5, 0.6) is 5.75 Å². The van der Waals surface area contributed by atoms with Crippen LogP contribution in [-0.4, -0.2) is 16.0 Å². The van der Waals surface area contributed by atoms with Crippen molar-refractivity contribution in [2.45, 2.75) is 20.3 Å². The number of carbonyl (C=O) groups is 1. The molecule has 1 aromatic rings. The van der Waals surface area contributed by atoms with E-state index < -0.39 is 6.43 Å². The van der Waals surface area contributed by atoms with Crippen molar-refractivity contribution < 1.29 is 18.7 Å². The Balaban J connectivity index is 3.16. The fourth-order valence-corrected chi connectivity index (χ4v) is 1.91. The topological polar surface area (TPSA) is 37.3 Å². The molecule has 1 aromatic carbocycles. The van der Waals surface area contributed by atoms with Gasteiger partial charge in [-0.25, -0.2) is 8.78 Å². The van der Waals surface area contributed by atoms with Crippen LogP contribution in [0.1, 0.15) is 34.8 Å². The second-order valence-electron chi connectivity index (χ2n) is 3.20. The van der Waals surface area contributed by atoms with E-state index in [-0.39, 0.29) is 27.6 Å². The zero-order chi connectivity index (χ0) is 12.3. The van der Waals surface area contributed by atoms with Crippen LogP contribution in [0.15, 0.2) is 12.1 Å². The Morgan fingerprint density at radius 3 is 2.62 bits per heavy atom. The molecule has 0 saturated heterocycles. The summed E-state index contributed by atoms with van der Waals surface area (Å²) in [4.78, 5) is 11.5. The minimum absolute atomic E-state index is 0.0672. The Morgan fingerprint density at radius 2 is 2.12 bits per heavy atom. The van der Waals surface area contributed by atoms with Gasteiger partial charge in [0.05, 0.1) is 5.56 Å². The highest BCUT2D eigenvalue weighted by Gasteiger charge is 2.19. The van der Waals surface area contributed by atoms with Crippen molar-refractivity contribution in [1.29, 1.82) is 0 Å². The molecular formula is C11H12F2O2S. The molecule has 16 heavy (non-hydrogen) atoms. The van der Waals surface area contributed by atoms with E-state index in [2.05, 4.69) is 0 Å². The Hall–Kier alpha value is -1.10. The summed E-state index contributed by atoms with van der Waals surface area (Å²) in [7, 11) is 0. The van der Waals surface area contributed by atoms with Crippen molar-refractivity contribution in [3.63, 3.8) is 0 Å². The fourth-order valence-electron chi connectivity index (χ4n) is 1.33. The molecule has 0 aromatic heterocycles. The van der Waals surface area contributed by atoms with Gasteiger partial charge < -0.3 is 5.11 Å². The second-order valence-corrected chi connectivity index (χ2v) is 4.43. The van der Waals surface area contributed by atoms with E-state index in [9.17, 15) is 18.7 Å². The Morgan fingerprint density at radius 1 is 1.50 bits per heavy atom. The molecule has 0 aliphatic rings. The zero-order valence-electron chi connectivity index (χ0n) is 8.96. The molecule has 0 radical (unpaired) electrons. The van der Waals surface area contributed by atoms with Crippen molar-refractivity contribution in [2.24, 2.45) is 0 Å². The molecule has 1 N–H and O–H groups in total. The van der Waals surface area contributed by atoms with Gasteiger partial charge in [-0.15, -0.1) is 0 Å². The molecule has 0 spiro atoms. The first-order valence-corrected chi connectivity index (χ1v) is 5.75. The summed E-state index contributed by atoms with van der Waals surface area (Å²) in [5, 5.41) is 9.35. The monoisotopic (exact) mass is 246 g/mol. The van der Waals surface area contributed by atoms with Gasteiger partial charge in [-0.3, -0.25) is 4.79 Å². The fraction of sp³-hybridized carbons (Fsp3) is 0.364. The largest absolute Gasteiger partial charge is 0.507 e. The van der Waals surface area contributed by atoms with Crippen LogP contribution < -0.4 is 0 Å². The molecular weight excluding hydrogens is 234 g/mol. The van der Waals surface area contributed by atoms with Crippen LogP contribution in [0.4, 0.5) is 8.78 Å². The summed E-state index contributed by atoms with van der Waals surface area (Å²) in [5.74, 6) is 0.234. The highest BCUT2D eigenvalue weighted by atomic mass is 32.2. The van der Waals surface area contributed by atoms with Gasteiger partial charge in [0.2, 0.25) is 5.12 Å². The zero-order valence-corrected chi connectivity index (χ0v) is 9.78. The van der Waals surface area contributed by atoms with Gasteiger partial charge in [0.15, 0.2) is 0 Å². The Bertz CT molecular complexity index is 405. The summed E-state index contributed by atoms with van der Waals surface area (Å²) in [6, 6.07) is 2.43. The molecule has 0 aliphatic carbocycles. The SMILES string of the molecule is CCSC(=O)c1ccc(C(F)F)c(C)c1O. The van der Waals surface area contributed by atoms with Gasteiger partial charge in [0.25, 0.3) is 6.43 Å². The van der Waals surface area contributed by atoms with Gasteiger partial charge in [0, 0.05) is 11.1 Å². The number of thioether (sulfide) groups is 1. The maximum absolute atomic E-state index is 12.5. The van der Waals surface area contributed by atoms with E-state index in [1.165, 1.54) is 19.1 Å². The molecule has 0 fully saturated rings. The smallest absolute Gasteiger partial charge is 0.264 e. The van der Waals surface area contributed by atoms with Crippen molar-refractivity contribution in [3.05, 3.63) is 28.8 Å². The number of carbonyl (C=O) groups excluding carboxylic acids is 1. The third-order valence-corrected chi connectivity index (χ3v) is 2.97. The first kappa shape index (κ1) is 13.0. The molecule has 88 valence electrons. The quantitative estimate of drug-likeness (QED) is 0.886. The van der Waals surface area contributed by atoms with E-state index in [1.54, 1.807) is 6.92 Å². The summed E-state index contributed by atoms with van der Waals surface area (Å²) < 4.78 is 25.0. The molecule has 0 amide bonds. The van der Waals surface area contributed by atoms with Crippen molar-refractivity contribution >= 4 is 16.9 Å². The van der Waals surface area contributed by atoms with Gasteiger partial charge in [-0.2, -0.15) is 0 Å². The predicted octanol–water partition coefficient (Wildman–Crippen LogP) is 3.53. The maximum atomic E-state index is 12.5. The van der Waals surface area contributed by atoms with Crippen LogP contribution in [0, 0.1) is 6.92 Å². The third kappa shape index (κ3) is 2.52. The minimum Gasteiger partial charge on any atom is -0.507 e. The van der Waals surface area contributed by atoms with Crippen LogP contribution in [0.2, 0.25) is 0 Å². The van der Waals surface area contributed by atoms with Gasteiger partial charge in [-0.05, 0) is 18.7 Å². The van der Waals surface area contributed by atoms with Crippen LogP contribution in [0.25, 0.3) is 0 Å². The molecule has 2 nitrogen and oxygen atoms in total. The lowest BCUT2D eigenvalue weighted by molar-refractivity contribution is 0.108. The molecule has 0 saturated carbocycles. The summed E-state index contributed by atoms with van der Waals surface area (Å²) in [6.07, 6.45) is -2.64. The molecule has 0 heterocycles. The van der Waals surface area contributed by atoms with Crippen LogP contribution in [0.3, 0.4) is 0 Å². The number of phenolic OH excluding ortho intramolecular Hbond substituents is 1. The molecule has 5 heteroatoms. The summed E-state index contributed by atoms with van der Waals surface area (Å²) in [6.45, 7) is 3.18. The van der Waals surface area contributed by atoms with E-state index in [1.807, 2.05) is 0 Å². The summed E-state index contributed by atoms with van der Waals surface area (Å²) >= 11 is 1.04. The number of alkyl halides is 2. The van der Waals surface area contributed by atoms with Crippen molar-refractivity contribution in [1.82, 2.24) is 0 Å². The van der Waals surface area contributed by atoms with Crippen molar-refractivity contribution in [2.75, 3.05) is 5.75 Å². The number of hydrogen-bond acceptors (Lipinski definition) is 3.